The van der Waals surface area contributed by atoms with E-state index in [0.717, 1.165) is 16.6 Å². The Balaban J connectivity index is 2.52. The van der Waals surface area contributed by atoms with Crippen LogP contribution in [0.15, 0.2) is 18.2 Å². The zero-order chi connectivity index (χ0) is 12.4. The lowest BCUT2D eigenvalue weighted by Crippen LogP contribution is -2.29. The summed E-state index contributed by atoms with van der Waals surface area (Å²) < 4.78 is 0. The zero-order valence-corrected chi connectivity index (χ0v) is 10.3. The normalized spacial score (nSPS) is 10.8. The van der Waals surface area contributed by atoms with Gasteiger partial charge in [-0.1, -0.05) is 17.7 Å². The highest BCUT2D eigenvalue weighted by molar-refractivity contribution is 6.37. The summed E-state index contributed by atoms with van der Waals surface area (Å²) in [5.74, 6) is -0.146. The van der Waals surface area contributed by atoms with Crippen molar-refractivity contribution in [2.24, 2.45) is 5.73 Å². The Hall–Kier alpha value is -1.52. The monoisotopic (exact) mass is 251 g/mol. The topological polar surface area (TPSA) is 70.9 Å². The Labute approximate surface area is 104 Å². The van der Waals surface area contributed by atoms with Gasteiger partial charge in [0, 0.05) is 29.7 Å². The number of aromatic amines is 1. The predicted molar refractivity (Wildman–Crippen MR) is 69.4 cm³/mol. The van der Waals surface area contributed by atoms with Gasteiger partial charge >= 0.3 is 0 Å². The van der Waals surface area contributed by atoms with Crippen LogP contribution >= 0.6 is 11.6 Å². The third kappa shape index (κ3) is 2.14. The van der Waals surface area contributed by atoms with Gasteiger partial charge in [0.1, 0.15) is 0 Å². The number of hydrogen-bond donors (Lipinski definition) is 3. The maximum absolute atomic E-state index is 12.0. The lowest BCUT2D eigenvalue weighted by molar-refractivity contribution is 0.0956. The van der Waals surface area contributed by atoms with Crippen LogP contribution in [-0.2, 0) is 0 Å². The van der Waals surface area contributed by atoms with Crippen LogP contribution in [0.25, 0.3) is 10.9 Å². The van der Waals surface area contributed by atoms with Crippen molar-refractivity contribution in [2.45, 2.75) is 6.92 Å². The van der Waals surface area contributed by atoms with Gasteiger partial charge in [0.15, 0.2) is 0 Å². The molecule has 90 valence electrons. The second kappa shape index (κ2) is 4.77. The first-order chi connectivity index (χ1) is 8.15. The standard InChI is InChI=1S/C12H14ClN3O/c1-7-10(12(17)15-6-5-14)11-8(13)3-2-4-9(11)16-7/h2-4,16H,5-6,14H2,1H3,(H,15,17). The molecule has 17 heavy (non-hydrogen) atoms. The maximum Gasteiger partial charge on any atom is 0.253 e. The van der Waals surface area contributed by atoms with Crippen LogP contribution in [0, 0.1) is 6.92 Å². The first-order valence-corrected chi connectivity index (χ1v) is 5.78. The minimum absolute atomic E-state index is 0.146. The van der Waals surface area contributed by atoms with E-state index < -0.39 is 0 Å². The molecule has 5 heteroatoms. The molecule has 1 amide bonds. The fourth-order valence-corrected chi connectivity index (χ4v) is 2.16. The number of hydrogen-bond acceptors (Lipinski definition) is 2. The van der Waals surface area contributed by atoms with Crippen LogP contribution in [0.5, 0.6) is 0 Å². The van der Waals surface area contributed by atoms with E-state index in [1.54, 1.807) is 6.07 Å². The van der Waals surface area contributed by atoms with Crippen molar-refractivity contribution in [3.8, 4) is 0 Å². The van der Waals surface area contributed by atoms with Gasteiger partial charge in [-0.3, -0.25) is 4.79 Å². The summed E-state index contributed by atoms with van der Waals surface area (Å²) in [6, 6.07) is 5.52. The molecule has 0 fully saturated rings. The second-order valence-corrected chi connectivity index (χ2v) is 4.24. The molecule has 2 aromatic rings. The number of H-pyrrole nitrogens is 1. The summed E-state index contributed by atoms with van der Waals surface area (Å²) in [6.07, 6.45) is 0. The summed E-state index contributed by atoms with van der Waals surface area (Å²) in [6.45, 7) is 2.73. The number of nitrogens with two attached hydrogens (primary N) is 1. The molecule has 1 aromatic heterocycles. The summed E-state index contributed by atoms with van der Waals surface area (Å²) in [5, 5.41) is 4.09. The minimum Gasteiger partial charge on any atom is -0.358 e. The lowest BCUT2D eigenvalue weighted by Gasteiger charge is -2.04. The molecule has 4 nitrogen and oxygen atoms in total. The number of aryl methyl sites for hydroxylation is 1. The van der Waals surface area contributed by atoms with Gasteiger partial charge in [0.25, 0.3) is 5.91 Å². The largest absolute Gasteiger partial charge is 0.358 e. The second-order valence-electron chi connectivity index (χ2n) is 3.83. The highest BCUT2D eigenvalue weighted by atomic mass is 35.5. The highest BCUT2D eigenvalue weighted by Gasteiger charge is 2.17. The van der Waals surface area contributed by atoms with Crippen molar-refractivity contribution in [1.29, 1.82) is 0 Å². The quantitative estimate of drug-likeness (QED) is 0.779. The molecule has 0 radical (unpaired) electrons. The van der Waals surface area contributed by atoms with E-state index in [1.807, 2.05) is 19.1 Å². The fraction of sp³-hybridized carbons (Fsp3) is 0.250. The number of halogens is 1. The molecule has 0 aliphatic heterocycles. The average Bonchev–Trinajstić information content (AvgIpc) is 2.64. The average molecular weight is 252 g/mol. The Morgan fingerprint density at radius 1 is 1.53 bits per heavy atom. The van der Waals surface area contributed by atoms with E-state index >= 15 is 0 Å². The molecule has 0 saturated heterocycles. The van der Waals surface area contributed by atoms with Crippen molar-refractivity contribution >= 4 is 28.4 Å². The van der Waals surface area contributed by atoms with E-state index in [-0.39, 0.29) is 5.91 Å². The number of carbonyl (C=O) groups excluding carboxylic acids is 1. The Morgan fingerprint density at radius 3 is 3.00 bits per heavy atom. The molecule has 0 aliphatic rings. The molecule has 0 bridgehead atoms. The Morgan fingerprint density at radius 2 is 2.29 bits per heavy atom. The Kier molecular flexibility index (Phi) is 3.36. The van der Waals surface area contributed by atoms with Crippen LogP contribution in [0.1, 0.15) is 16.1 Å². The smallest absolute Gasteiger partial charge is 0.253 e. The number of amides is 1. The van der Waals surface area contributed by atoms with Gasteiger partial charge in [-0.15, -0.1) is 0 Å². The van der Waals surface area contributed by atoms with E-state index in [1.165, 1.54) is 0 Å². The molecule has 1 heterocycles. The number of fused-ring (bicyclic) bond motifs is 1. The van der Waals surface area contributed by atoms with Crippen molar-refractivity contribution in [2.75, 3.05) is 13.1 Å². The van der Waals surface area contributed by atoms with E-state index in [9.17, 15) is 4.79 Å². The van der Waals surface area contributed by atoms with E-state index in [2.05, 4.69) is 10.3 Å². The van der Waals surface area contributed by atoms with Crippen LogP contribution in [0.3, 0.4) is 0 Å². The molecule has 0 aliphatic carbocycles. The van der Waals surface area contributed by atoms with Crippen molar-refractivity contribution in [1.82, 2.24) is 10.3 Å². The summed E-state index contributed by atoms with van der Waals surface area (Å²) >= 11 is 6.13. The van der Waals surface area contributed by atoms with Gasteiger partial charge in [-0.25, -0.2) is 0 Å². The maximum atomic E-state index is 12.0. The van der Waals surface area contributed by atoms with Crippen LogP contribution < -0.4 is 11.1 Å². The molecule has 0 saturated carbocycles. The van der Waals surface area contributed by atoms with E-state index in [4.69, 9.17) is 17.3 Å². The van der Waals surface area contributed by atoms with Crippen molar-refractivity contribution in [3.05, 3.63) is 34.5 Å². The predicted octanol–water partition coefficient (Wildman–Crippen LogP) is 1.82. The molecular formula is C12H14ClN3O. The van der Waals surface area contributed by atoms with Crippen LogP contribution in [0.2, 0.25) is 5.02 Å². The molecule has 0 spiro atoms. The van der Waals surface area contributed by atoms with Gasteiger partial charge < -0.3 is 16.0 Å². The summed E-state index contributed by atoms with van der Waals surface area (Å²) in [5.41, 5.74) is 7.63. The lowest BCUT2D eigenvalue weighted by atomic mass is 10.1. The first-order valence-electron chi connectivity index (χ1n) is 5.40. The van der Waals surface area contributed by atoms with Gasteiger partial charge in [-0.05, 0) is 19.1 Å². The third-order valence-corrected chi connectivity index (χ3v) is 2.93. The number of carbonyl (C=O) groups is 1. The zero-order valence-electron chi connectivity index (χ0n) is 9.51. The number of rotatable bonds is 3. The molecule has 0 atom stereocenters. The van der Waals surface area contributed by atoms with Gasteiger partial charge in [-0.2, -0.15) is 0 Å². The minimum atomic E-state index is -0.146. The SMILES string of the molecule is Cc1[nH]c2cccc(Cl)c2c1C(=O)NCCN. The molecule has 2 rings (SSSR count). The molecular weight excluding hydrogens is 238 g/mol. The number of benzene rings is 1. The number of nitrogens with one attached hydrogen (secondary N) is 2. The first kappa shape index (κ1) is 12.0. The van der Waals surface area contributed by atoms with Crippen molar-refractivity contribution in [3.63, 3.8) is 0 Å². The van der Waals surface area contributed by atoms with Gasteiger partial charge in [0.05, 0.1) is 10.6 Å². The molecule has 0 unspecified atom stereocenters. The van der Waals surface area contributed by atoms with Crippen LogP contribution in [-0.4, -0.2) is 24.0 Å². The molecule has 4 N–H and O–H groups in total. The molecule has 1 aromatic carbocycles. The Bertz CT molecular complexity index is 562. The highest BCUT2D eigenvalue weighted by Crippen LogP contribution is 2.28. The van der Waals surface area contributed by atoms with Crippen molar-refractivity contribution < 1.29 is 4.79 Å². The number of aromatic nitrogens is 1. The third-order valence-electron chi connectivity index (χ3n) is 2.62. The summed E-state index contributed by atoms with van der Waals surface area (Å²) in [4.78, 5) is 15.2. The summed E-state index contributed by atoms with van der Waals surface area (Å²) in [7, 11) is 0. The van der Waals surface area contributed by atoms with Crippen LogP contribution in [0.4, 0.5) is 0 Å². The van der Waals surface area contributed by atoms with E-state index in [0.29, 0.717) is 23.7 Å². The van der Waals surface area contributed by atoms with Gasteiger partial charge in [0.2, 0.25) is 0 Å². The fourth-order valence-electron chi connectivity index (χ4n) is 1.89.